The van der Waals surface area contributed by atoms with Crippen molar-refractivity contribution in [1.29, 1.82) is 0 Å². The molecular formula is C17H20N2O. The molecule has 0 heterocycles. The Hall–Kier alpha value is -2.81. The Morgan fingerprint density at radius 1 is 0.700 bits per heavy atom. The second-order valence-corrected chi connectivity index (χ2v) is 3.48. The number of allylic oxidation sites excluding steroid dienone is 10. The minimum atomic E-state index is -0.367. The van der Waals surface area contributed by atoms with Crippen LogP contribution in [-0.4, -0.2) is 6.03 Å². The van der Waals surface area contributed by atoms with Gasteiger partial charge in [-0.1, -0.05) is 62.8 Å². The first-order chi connectivity index (χ1) is 9.67. The molecule has 0 aliphatic carbocycles. The van der Waals surface area contributed by atoms with Gasteiger partial charge in [0.25, 0.3) is 0 Å². The van der Waals surface area contributed by atoms with Crippen LogP contribution < -0.4 is 10.6 Å². The van der Waals surface area contributed by atoms with E-state index in [-0.39, 0.29) is 6.03 Å². The second-order valence-electron chi connectivity index (χ2n) is 3.48. The molecule has 2 N–H and O–H groups in total. The average Bonchev–Trinajstić information content (AvgIpc) is 2.42. The molecule has 0 aromatic heterocycles. The summed E-state index contributed by atoms with van der Waals surface area (Å²) in [5.74, 6) is 0. The first-order valence-electron chi connectivity index (χ1n) is 5.99. The summed E-state index contributed by atoms with van der Waals surface area (Å²) in [6, 6.07) is -0.367. The summed E-state index contributed by atoms with van der Waals surface area (Å²) in [4.78, 5) is 11.8. The molecule has 0 aromatic carbocycles. The molecule has 104 valence electrons. The van der Waals surface area contributed by atoms with E-state index in [0.29, 0.717) is 11.4 Å². The van der Waals surface area contributed by atoms with Gasteiger partial charge in [0.2, 0.25) is 0 Å². The van der Waals surface area contributed by atoms with E-state index < -0.39 is 0 Å². The molecule has 0 spiro atoms. The van der Waals surface area contributed by atoms with Gasteiger partial charge in [-0.25, -0.2) is 4.79 Å². The number of hydrogen-bond acceptors (Lipinski definition) is 1. The SMILES string of the molecule is C=C/C=C\C(=C/C=C)NC(=O)NC(/C=C\C=C)=C/C=C. The van der Waals surface area contributed by atoms with E-state index in [2.05, 4.69) is 36.9 Å². The first-order valence-corrected chi connectivity index (χ1v) is 5.99. The van der Waals surface area contributed by atoms with Crippen molar-refractivity contribution in [2.45, 2.75) is 0 Å². The van der Waals surface area contributed by atoms with Crippen molar-refractivity contribution >= 4 is 6.03 Å². The van der Waals surface area contributed by atoms with Crippen LogP contribution in [0.15, 0.2) is 98.5 Å². The first kappa shape index (κ1) is 17.2. The summed E-state index contributed by atoms with van der Waals surface area (Å²) >= 11 is 0. The zero-order valence-electron chi connectivity index (χ0n) is 11.5. The lowest BCUT2D eigenvalue weighted by atomic mass is 10.3. The van der Waals surface area contributed by atoms with E-state index in [1.165, 1.54) is 0 Å². The Morgan fingerprint density at radius 3 is 1.40 bits per heavy atom. The van der Waals surface area contributed by atoms with Gasteiger partial charge in [-0.2, -0.15) is 0 Å². The maximum absolute atomic E-state index is 11.8. The number of carbonyl (C=O) groups excluding carboxylic acids is 1. The average molecular weight is 268 g/mol. The number of rotatable bonds is 8. The monoisotopic (exact) mass is 268 g/mol. The van der Waals surface area contributed by atoms with Crippen molar-refractivity contribution < 1.29 is 4.79 Å². The van der Waals surface area contributed by atoms with E-state index in [1.807, 2.05) is 0 Å². The van der Waals surface area contributed by atoms with Crippen molar-refractivity contribution in [1.82, 2.24) is 10.6 Å². The molecule has 0 rings (SSSR count). The van der Waals surface area contributed by atoms with Gasteiger partial charge in [-0.15, -0.1) is 0 Å². The van der Waals surface area contributed by atoms with Crippen LogP contribution in [0.4, 0.5) is 4.79 Å². The molecule has 3 nitrogen and oxygen atoms in total. The molecule has 20 heavy (non-hydrogen) atoms. The Labute approximate surface area is 120 Å². The van der Waals surface area contributed by atoms with Crippen LogP contribution in [0.25, 0.3) is 0 Å². The van der Waals surface area contributed by atoms with Crippen molar-refractivity contribution in [3.8, 4) is 0 Å². The van der Waals surface area contributed by atoms with E-state index >= 15 is 0 Å². The predicted molar refractivity (Wildman–Crippen MR) is 86.9 cm³/mol. The lowest BCUT2D eigenvalue weighted by Gasteiger charge is -2.08. The van der Waals surface area contributed by atoms with Gasteiger partial charge in [-0.3, -0.25) is 0 Å². The minimum absolute atomic E-state index is 0.367. The summed E-state index contributed by atoms with van der Waals surface area (Å²) in [5.41, 5.74) is 1.20. The van der Waals surface area contributed by atoms with Crippen LogP contribution in [0.3, 0.4) is 0 Å². The highest BCUT2D eigenvalue weighted by Gasteiger charge is 2.02. The maximum Gasteiger partial charge on any atom is 0.323 e. The fourth-order valence-corrected chi connectivity index (χ4v) is 1.17. The third-order valence-electron chi connectivity index (χ3n) is 1.93. The van der Waals surface area contributed by atoms with Crippen molar-refractivity contribution in [3.63, 3.8) is 0 Å². The minimum Gasteiger partial charge on any atom is -0.308 e. The molecule has 2 amide bonds. The fourth-order valence-electron chi connectivity index (χ4n) is 1.17. The van der Waals surface area contributed by atoms with Crippen LogP contribution in [0.5, 0.6) is 0 Å². The summed E-state index contributed by atoms with van der Waals surface area (Å²) in [6.45, 7) is 14.3. The normalized spacial score (nSPS) is 12.2. The van der Waals surface area contributed by atoms with Crippen molar-refractivity contribution in [2.24, 2.45) is 0 Å². The zero-order chi connectivity index (χ0) is 15.2. The van der Waals surface area contributed by atoms with Gasteiger partial charge in [0.1, 0.15) is 0 Å². The number of urea groups is 1. The summed E-state index contributed by atoms with van der Waals surface area (Å²) < 4.78 is 0. The lowest BCUT2D eigenvalue weighted by molar-refractivity contribution is 0.246. The molecule has 0 saturated heterocycles. The van der Waals surface area contributed by atoms with E-state index in [0.717, 1.165) is 0 Å². The van der Waals surface area contributed by atoms with Gasteiger partial charge in [0.15, 0.2) is 0 Å². The Bertz CT molecular complexity index is 447. The number of carbonyl (C=O) groups is 1. The highest BCUT2D eigenvalue weighted by molar-refractivity contribution is 5.79. The molecule has 0 aliphatic rings. The topological polar surface area (TPSA) is 41.1 Å². The van der Waals surface area contributed by atoms with Gasteiger partial charge in [0, 0.05) is 11.4 Å². The van der Waals surface area contributed by atoms with Crippen LogP contribution in [0, 0.1) is 0 Å². The Morgan fingerprint density at radius 2 is 1.10 bits per heavy atom. The standard InChI is InChI=1S/C17H20N2O/c1-5-9-13-15(11-7-3)18-17(20)19-16(12-8-4)14-10-6-2/h5-14H,1-4H2,(H2,18,19,20)/b13-9-,14-10-,15-11+,16-12+. The number of hydrogen-bond donors (Lipinski definition) is 2. The van der Waals surface area contributed by atoms with E-state index in [9.17, 15) is 4.79 Å². The summed E-state index contributed by atoms with van der Waals surface area (Å²) in [6.07, 6.45) is 16.6. The highest BCUT2D eigenvalue weighted by atomic mass is 16.2. The Kier molecular flexibility index (Phi) is 9.70. The van der Waals surface area contributed by atoms with E-state index in [4.69, 9.17) is 0 Å². The molecule has 0 unspecified atom stereocenters. The third kappa shape index (κ3) is 8.31. The molecule has 0 bridgehead atoms. The molecule has 3 heteroatoms. The molecule has 0 fully saturated rings. The quantitative estimate of drug-likeness (QED) is 0.644. The van der Waals surface area contributed by atoms with Gasteiger partial charge < -0.3 is 10.6 Å². The Balaban J connectivity index is 4.80. The molecule has 0 aliphatic heterocycles. The van der Waals surface area contributed by atoms with Crippen molar-refractivity contribution in [3.05, 3.63) is 98.5 Å². The van der Waals surface area contributed by atoms with Gasteiger partial charge in [0.05, 0.1) is 0 Å². The number of amides is 2. The maximum atomic E-state index is 11.8. The van der Waals surface area contributed by atoms with Crippen molar-refractivity contribution in [2.75, 3.05) is 0 Å². The van der Waals surface area contributed by atoms with Gasteiger partial charge >= 0.3 is 6.03 Å². The predicted octanol–water partition coefficient (Wildman–Crippen LogP) is 3.91. The van der Waals surface area contributed by atoms with E-state index in [1.54, 1.807) is 60.8 Å². The van der Waals surface area contributed by atoms with Gasteiger partial charge in [-0.05, 0) is 24.3 Å². The zero-order valence-corrected chi connectivity index (χ0v) is 11.5. The third-order valence-corrected chi connectivity index (χ3v) is 1.93. The second kappa shape index (κ2) is 11.3. The summed E-state index contributed by atoms with van der Waals surface area (Å²) in [7, 11) is 0. The summed E-state index contributed by atoms with van der Waals surface area (Å²) in [5, 5.41) is 5.38. The molecular weight excluding hydrogens is 248 g/mol. The van der Waals surface area contributed by atoms with Crippen LogP contribution >= 0.6 is 0 Å². The fraction of sp³-hybridized carbons (Fsp3) is 0. The lowest BCUT2D eigenvalue weighted by Crippen LogP contribution is -2.33. The smallest absolute Gasteiger partial charge is 0.308 e. The van der Waals surface area contributed by atoms with Crippen LogP contribution in [-0.2, 0) is 0 Å². The van der Waals surface area contributed by atoms with Crippen LogP contribution in [0.1, 0.15) is 0 Å². The molecule has 0 saturated carbocycles. The van der Waals surface area contributed by atoms with Crippen LogP contribution in [0.2, 0.25) is 0 Å². The molecule has 0 atom stereocenters. The number of nitrogens with one attached hydrogen (secondary N) is 2. The molecule has 0 radical (unpaired) electrons. The largest absolute Gasteiger partial charge is 0.323 e. The highest BCUT2D eigenvalue weighted by Crippen LogP contribution is 1.97. The molecule has 0 aromatic rings.